The summed E-state index contributed by atoms with van der Waals surface area (Å²) in [6, 6.07) is 15.0. The molecule has 0 spiro atoms. The first-order valence-corrected chi connectivity index (χ1v) is 9.13. The predicted octanol–water partition coefficient (Wildman–Crippen LogP) is 2.69. The Morgan fingerprint density at radius 1 is 1.19 bits per heavy atom. The molecule has 6 nitrogen and oxygen atoms in total. The smallest absolute Gasteiger partial charge is 0.227 e. The van der Waals surface area contributed by atoms with Gasteiger partial charge >= 0.3 is 0 Å². The summed E-state index contributed by atoms with van der Waals surface area (Å²) in [5.74, 6) is 0.907. The minimum Gasteiger partial charge on any atom is -0.495 e. The van der Waals surface area contributed by atoms with E-state index in [1.165, 1.54) is 0 Å². The minimum atomic E-state index is -0.377. The first-order chi connectivity index (χ1) is 13.2. The average Bonchev–Trinajstić information content (AvgIpc) is 3.10. The number of amides is 2. The summed E-state index contributed by atoms with van der Waals surface area (Å²) >= 11 is 0. The van der Waals surface area contributed by atoms with Gasteiger partial charge in [0.25, 0.3) is 0 Å². The Morgan fingerprint density at radius 3 is 2.81 bits per heavy atom. The zero-order chi connectivity index (χ0) is 18.8. The van der Waals surface area contributed by atoms with E-state index in [4.69, 9.17) is 9.47 Å². The number of nitrogens with zero attached hydrogens (tertiary/aromatic N) is 1. The van der Waals surface area contributed by atoms with Crippen molar-refractivity contribution in [3.63, 3.8) is 0 Å². The molecule has 1 N–H and O–H groups in total. The molecule has 4 rings (SSSR count). The normalized spacial score (nSPS) is 21.4. The van der Waals surface area contributed by atoms with Crippen LogP contribution in [0.2, 0.25) is 0 Å². The van der Waals surface area contributed by atoms with Gasteiger partial charge in [0.15, 0.2) is 0 Å². The number of carbonyl (C=O) groups excluding carboxylic acids is 2. The summed E-state index contributed by atoms with van der Waals surface area (Å²) in [4.78, 5) is 27.0. The molecule has 0 aromatic heterocycles. The van der Waals surface area contributed by atoms with E-state index >= 15 is 0 Å². The molecule has 140 valence electrons. The van der Waals surface area contributed by atoms with Gasteiger partial charge in [-0.3, -0.25) is 9.59 Å². The van der Waals surface area contributed by atoms with Crippen molar-refractivity contribution in [3.05, 3.63) is 54.1 Å². The number of fused-ring (bicyclic) bond motifs is 1. The Labute approximate surface area is 158 Å². The largest absolute Gasteiger partial charge is 0.495 e. The van der Waals surface area contributed by atoms with Crippen molar-refractivity contribution >= 4 is 17.5 Å². The number of nitrogens with one attached hydrogen (secondary N) is 1. The highest BCUT2D eigenvalue weighted by molar-refractivity contribution is 6.01. The number of rotatable bonds is 4. The second kappa shape index (κ2) is 7.31. The average molecular weight is 366 g/mol. The summed E-state index contributed by atoms with van der Waals surface area (Å²) in [6.07, 6.45) is 0.925. The third kappa shape index (κ3) is 3.35. The van der Waals surface area contributed by atoms with Crippen LogP contribution in [0.25, 0.3) is 0 Å². The molecule has 2 aromatic rings. The zero-order valence-electron chi connectivity index (χ0n) is 15.2. The lowest BCUT2D eigenvalue weighted by atomic mass is 9.99. The minimum absolute atomic E-state index is 0.0629. The second-order valence-electron chi connectivity index (χ2n) is 6.81. The highest BCUT2D eigenvalue weighted by Gasteiger charge is 2.37. The monoisotopic (exact) mass is 366 g/mol. The van der Waals surface area contributed by atoms with Crippen LogP contribution in [0.3, 0.4) is 0 Å². The summed E-state index contributed by atoms with van der Waals surface area (Å²) < 4.78 is 11.0. The molecule has 0 bridgehead atoms. The van der Waals surface area contributed by atoms with Crippen molar-refractivity contribution in [1.82, 2.24) is 5.32 Å². The lowest BCUT2D eigenvalue weighted by molar-refractivity contribution is -0.127. The van der Waals surface area contributed by atoms with Crippen molar-refractivity contribution in [2.75, 3.05) is 25.2 Å². The second-order valence-corrected chi connectivity index (χ2v) is 6.81. The van der Waals surface area contributed by atoms with Crippen molar-refractivity contribution in [2.24, 2.45) is 5.92 Å². The van der Waals surface area contributed by atoms with Gasteiger partial charge in [0, 0.05) is 24.9 Å². The topological polar surface area (TPSA) is 67.9 Å². The molecule has 2 aliphatic rings. The van der Waals surface area contributed by atoms with Gasteiger partial charge in [0.2, 0.25) is 11.8 Å². The third-order valence-electron chi connectivity index (χ3n) is 5.15. The van der Waals surface area contributed by atoms with E-state index in [1.807, 2.05) is 48.5 Å². The molecule has 0 saturated carbocycles. The van der Waals surface area contributed by atoms with Crippen molar-refractivity contribution in [3.8, 4) is 11.5 Å². The van der Waals surface area contributed by atoms with E-state index in [0.29, 0.717) is 24.6 Å². The molecular formula is C21H22N2O4. The third-order valence-corrected chi connectivity index (χ3v) is 5.15. The van der Waals surface area contributed by atoms with Gasteiger partial charge < -0.3 is 19.7 Å². The van der Waals surface area contributed by atoms with Crippen LogP contribution in [0.15, 0.2) is 48.5 Å². The van der Waals surface area contributed by atoms with Gasteiger partial charge in [-0.2, -0.15) is 0 Å². The van der Waals surface area contributed by atoms with Crippen LogP contribution in [0, 0.1) is 5.92 Å². The number of methoxy groups -OCH3 is 1. The Bertz CT molecular complexity index is 867. The SMILES string of the molecule is COc1ccccc1N1C[C@H](C(=O)N[C@@H]2CCOc3ccccc32)CC1=O. The zero-order valence-corrected chi connectivity index (χ0v) is 15.2. The Morgan fingerprint density at radius 2 is 1.96 bits per heavy atom. The number of para-hydroxylation sites is 3. The van der Waals surface area contributed by atoms with E-state index in [2.05, 4.69) is 5.32 Å². The summed E-state index contributed by atoms with van der Waals surface area (Å²) in [6.45, 7) is 0.925. The first-order valence-electron chi connectivity index (χ1n) is 9.13. The van der Waals surface area contributed by atoms with E-state index in [9.17, 15) is 9.59 Å². The number of benzene rings is 2. The summed E-state index contributed by atoms with van der Waals surface area (Å²) in [5.41, 5.74) is 1.69. The van der Waals surface area contributed by atoms with Crippen LogP contribution in [0.4, 0.5) is 5.69 Å². The van der Waals surface area contributed by atoms with Crippen LogP contribution in [0.5, 0.6) is 11.5 Å². The highest BCUT2D eigenvalue weighted by atomic mass is 16.5. The fourth-order valence-electron chi connectivity index (χ4n) is 3.75. The standard InChI is InChI=1S/C21H22N2O4/c1-26-19-9-5-3-7-17(19)23-13-14(12-20(23)24)21(25)22-16-10-11-27-18-8-4-2-6-15(16)18/h2-9,14,16H,10-13H2,1H3,(H,22,25)/t14-,16-/m1/s1. The number of ether oxygens (including phenoxy) is 2. The molecule has 2 amide bonds. The van der Waals surface area contributed by atoms with Crippen molar-refractivity contribution in [1.29, 1.82) is 0 Å². The summed E-state index contributed by atoms with van der Waals surface area (Å²) in [7, 11) is 1.58. The van der Waals surface area contributed by atoms with Crippen LogP contribution in [-0.2, 0) is 9.59 Å². The molecule has 6 heteroatoms. The maximum Gasteiger partial charge on any atom is 0.227 e. The Kier molecular flexibility index (Phi) is 4.71. The molecule has 2 aliphatic heterocycles. The molecule has 0 aliphatic carbocycles. The Hall–Kier alpha value is -3.02. The van der Waals surface area contributed by atoms with E-state index in [0.717, 1.165) is 17.7 Å². The Balaban J connectivity index is 1.47. The lowest BCUT2D eigenvalue weighted by Crippen LogP contribution is -2.37. The fraction of sp³-hybridized carbons (Fsp3) is 0.333. The van der Waals surface area contributed by atoms with Crippen LogP contribution in [0.1, 0.15) is 24.4 Å². The molecule has 1 fully saturated rings. The van der Waals surface area contributed by atoms with Gasteiger partial charge in [0.05, 0.1) is 31.4 Å². The van der Waals surface area contributed by atoms with Crippen LogP contribution >= 0.6 is 0 Å². The van der Waals surface area contributed by atoms with Crippen LogP contribution in [-0.4, -0.2) is 32.1 Å². The maximum atomic E-state index is 12.8. The molecule has 2 atom stereocenters. The molecule has 0 unspecified atom stereocenters. The number of hydrogen-bond donors (Lipinski definition) is 1. The molecule has 0 radical (unpaired) electrons. The van der Waals surface area contributed by atoms with E-state index in [-0.39, 0.29) is 30.2 Å². The van der Waals surface area contributed by atoms with Crippen molar-refractivity contribution < 1.29 is 19.1 Å². The quantitative estimate of drug-likeness (QED) is 0.903. The molecule has 1 saturated heterocycles. The highest BCUT2D eigenvalue weighted by Crippen LogP contribution is 2.34. The maximum absolute atomic E-state index is 12.8. The van der Waals surface area contributed by atoms with Gasteiger partial charge in [0.1, 0.15) is 11.5 Å². The van der Waals surface area contributed by atoms with Crippen LogP contribution < -0.4 is 19.7 Å². The number of hydrogen-bond acceptors (Lipinski definition) is 4. The molecule has 2 heterocycles. The van der Waals surface area contributed by atoms with Gasteiger partial charge in [-0.15, -0.1) is 0 Å². The molecular weight excluding hydrogens is 344 g/mol. The van der Waals surface area contributed by atoms with E-state index in [1.54, 1.807) is 12.0 Å². The molecule has 27 heavy (non-hydrogen) atoms. The lowest BCUT2D eigenvalue weighted by Gasteiger charge is -2.27. The number of carbonyl (C=O) groups is 2. The van der Waals surface area contributed by atoms with Gasteiger partial charge in [-0.25, -0.2) is 0 Å². The molecule has 2 aromatic carbocycles. The number of anilines is 1. The first kappa shape index (κ1) is 17.4. The van der Waals surface area contributed by atoms with Gasteiger partial charge in [-0.05, 0) is 18.2 Å². The summed E-state index contributed by atoms with van der Waals surface area (Å²) in [5, 5.41) is 3.11. The predicted molar refractivity (Wildman–Crippen MR) is 101 cm³/mol. The van der Waals surface area contributed by atoms with Gasteiger partial charge in [-0.1, -0.05) is 30.3 Å². The fourth-order valence-corrected chi connectivity index (χ4v) is 3.75. The van der Waals surface area contributed by atoms with Crippen molar-refractivity contribution in [2.45, 2.75) is 18.9 Å². The van der Waals surface area contributed by atoms with E-state index < -0.39 is 0 Å².